The summed E-state index contributed by atoms with van der Waals surface area (Å²) in [4.78, 5) is 25.9. The molecule has 0 saturated carbocycles. The lowest BCUT2D eigenvalue weighted by Crippen LogP contribution is -2.32. The van der Waals surface area contributed by atoms with Gasteiger partial charge in [-0.1, -0.05) is 47.0 Å². The molecule has 0 aliphatic rings. The SMILES string of the molecule is Cc1ccc(NC(=O)CN(C)CCC(=O)Nc2c(Cl)cccc2Cl)cc1. The van der Waals surface area contributed by atoms with Gasteiger partial charge in [0.25, 0.3) is 0 Å². The molecule has 2 rings (SSSR count). The highest BCUT2D eigenvalue weighted by molar-refractivity contribution is 6.39. The monoisotopic (exact) mass is 393 g/mol. The lowest BCUT2D eigenvalue weighted by atomic mass is 10.2. The zero-order valence-corrected chi connectivity index (χ0v) is 16.2. The maximum Gasteiger partial charge on any atom is 0.238 e. The number of amides is 2. The van der Waals surface area contributed by atoms with E-state index >= 15 is 0 Å². The zero-order chi connectivity index (χ0) is 19.1. The summed E-state index contributed by atoms with van der Waals surface area (Å²) in [6, 6.07) is 12.6. The van der Waals surface area contributed by atoms with Gasteiger partial charge in [-0.2, -0.15) is 0 Å². The molecule has 0 atom stereocenters. The molecule has 138 valence electrons. The van der Waals surface area contributed by atoms with Crippen LogP contribution >= 0.6 is 23.2 Å². The van der Waals surface area contributed by atoms with Crippen LogP contribution in [0.15, 0.2) is 42.5 Å². The Bertz CT molecular complexity index is 759. The van der Waals surface area contributed by atoms with Crippen LogP contribution < -0.4 is 10.6 Å². The Morgan fingerprint density at radius 2 is 1.58 bits per heavy atom. The molecule has 26 heavy (non-hydrogen) atoms. The van der Waals surface area contributed by atoms with Gasteiger partial charge in [-0.15, -0.1) is 0 Å². The third kappa shape index (κ3) is 6.33. The van der Waals surface area contributed by atoms with Crippen molar-refractivity contribution in [2.75, 3.05) is 30.8 Å². The molecular formula is C19H21Cl2N3O2. The molecule has 0 aliphatic heterocycles. The average Bonchev–Trinajstić information content (AvgIpc) is 2.58. The molecule has 0 bridgehead atoms. The highest BCUT2D eigenvalue weighted by Gasteiger charge is 2.12. The second kappa shape index (κ2) is 9.57. The van der Waals surface area contributed by atoms with Crippen molar-refractivity contribution < 1.29 is 9.59 Å². The summed E-state index contributed by atoms with van der Waals surface area (Å²) in [7, 11) is 1.78. The van der Waals surface area contributed by atoms with Gasteiger partial charge < -0.3 is 10.6 Å². The van der Waals surface area contributed by atoms with E-state index in [0.717, 1.165) is 11.3 Å². The minimum Gasteiger partial charge on any atom is -0.325 e. The Hall–Kier alpha value is -2.08. The molecule has 0 unspecified atom stereocenters. The van der Waals surface area contributed by atoms with Crippen LogP contribution in [0.2, 0.25) is 10.0 Å². The first-order valence-corrected chi connectivity index (χ1v) is 8.89. The van der Waals surface area contributed by atoms with Gasteiger partial charge in [0.15, 0.2) is 0 Å². The zero-order valence-electron chi connectivity index (χ0n) is 14.7. The van der Waals surface area contributed by atoms with E-state index in [9.17, 15) is 9.59 Å². The summed E-state index contributed by atoms with van der Waals surface area (Å²) in [5.74, 6) is -0.350. The summed E-state index contributed by atoms with van der Waals surface area (Å²) in [6.45, 7) is 2.60. The number of hydrogen-bond donors (Lipinski definition) is 2. The van der Waals surface area contributed by atoms with Crippen LogP contribution in [0.5, 0.6) is 0 Å². The lowest BCUT2D eigenvalue weighted by molar-refractivity contribution is -0.119. The number of carbonyl (C=O) groups is 2. The summed E-state index contributed by atoms with van der Waals surface area (Å²) < 4.78 is 0. The van der Waals surface area contributed by atoms with Gasteiger partial charge in [0.2, 0.25) is 11.8 Å². The van der Waals surface area contributed by atoms with Crippen molar-refractivity contribution >= 4 is 46.4 Å². The molecule has 0 spiro atoms. The third-order valence-electron chi connectivity index (χ3n) is 3.70. The topological polar surface area (TPSA) is 61.4 Å². The number of likely N-dealkylation sites (N-methyl/N-ethyl adjacent to an activating group) is 1. The van der Waals surface area contributed by atoms with Crippen LogP contribution in [0.25, 0.3) is 0 Å². The highest BCUT2D eigenvalue weighted by Crippen LogP contribution is 2.29. The Morgan fingerprint density at radius 3 is 2.19 bits per heavy atom. The number of rotatable bonds is 7. The van der Waals surface area contributed by atoms with E-state index in [1.165, 1.54) is 0 Å². The molecule has 0 heterocycles. The van der Waals surface area contributed by atoms with Gasteiger partial charge >= 0.3 is 0 Å². The van der Waals surface area contributed by atoms with Crippen LogP contribution in [0.4, 0.5) is 11.4 Å². The summed E-state index contributed by atoms with van der Waals surface area (Å²) in [5, 5.41) is 6.30. The van der Waals surface area contributed by atoms with Crippen molar-refractivity contribution in [3.05, 3.63) is 58.1 Å². The first-order valence-electron chi connectivity index (χ1n) is 8.14. The molecule has 0 saturated heterocycles. The minimum absolute atomic E-state index is 0.133. The van der Waals surface area contributed by atoms with E-state index in [1.54, 1.807) is 30.1 Å². The molecule has 0 fully saturated rings. The number of carbonyl (C=O) groups excluding carboxylic acids is 2. The van der Waals surface area contributed by atoms with Crippen molar-refractivity contribution in [1.82, 2.24) is 4.90 Å². The fourth-order valence-corrected chi connectivity index (χ4v) is 2.77. The van der Waals surface area contributed by atoms with Gasteiger partial charge in [-0.25, -0.2) is 0 Å². The molecule has 5 nitrogen and oxygen atoms in total. The lowest BCUT2D eigenvalue weighted by Gasteiger charge is -2.16. The maximum absolute atomic E-state index is 12.1. The molecule has 2 N–H and O–H groups in total. The Labute approximate surface area is 163 Å². The fourth-order valence-electron chi connectivity index (χ4n) is 2.27. The van der Waals surface area contributed by atoms with E-state index < -0.39 is 0 Å². The van der Waals surface area contributed by atoms with Gasteiger partial charge in [-0.3, -0.25) is 14.5 Å². The number of aryl methyl sites for hydroxylation is 1. The summed E-state index contributed by atoms with van der Waals surface area (Å²) >= 11 is 12.1. The number of nitrogens with zero attached hydrogens (tertiary/aromatic N) is 1. The molecule has 7 heteroatoms. The van der Waals surface area contributed by atoms with Crippen molar-refractivity contribution in [2.45, 2.75) is 13.3 Å². The largest absolute Gasteiger partial charge is 0.325 e. The second-order valence-corrected chi connectivity index (χ2v) is 6.86. The summed E-state index contributed by atoms with van der Waals surface area (Å²) in [5.41, 5.74) is 2.28. The number of halogens is 2. The number of benzene rings is 2. The fraction of sp³-hybridized carbons (Fsp3) is 0.263. The quantitative estimate of drug-likeness (QED) is 0.740. The Morgan fingerprint density at radius 1 is 0.962 bits per heavy atom. The first-order chi connectivity index (χ1) is 12.3. The van der Waals surface area contributed by atoms with E-state index in [2.05, 4.69) is 10.6 Å². The third-order valence-corrected chi connectivity index (χ3v) is 4.33. The summed E-state index contributed by atoms with van der Waals surface area (Å²) in [6.07, 6.45) is 0.218. The second-order valence-electron chi connectivity index (χ2n) is 6.05. The van der Waals surface area contributed by atoms with E-state index in [4.69, 9.17) is 23.2 Å². The standard InChI is InChI=1S/C19H21Cl2N3O2/c1-13-6-8-14(9-7-13)22-18(26)12-24(2)11-10-17(25)23-19-15(20)4-3-5-16(19)21/h3-9H,10-12H2,1-2H3,(H,22,26)(H,23,25). The smallest absolute Gasteiger partial charge is 0.238 e. The Kier molecular flexibility index (Phi) is 7.45. The van der Waals surface area contributed by atoms with Crippen LogP contribution in [-0.4, -0.2) is 36.9 Å². The molecular weight excluding hydrogens is 373 g/mol. The molecule has 0 aromatic heterocycles. The van der Waals surface area contributed by atoms with Crippen LogP contribution in [0.1, 0.15) is 12.0 Å². The average molecular weight is 394 g/mol. The molecule has 2 aromatic carbocycles. The van der Waals surface area contributed by atoms with Gasteiger partial charge in [0.05, 0.1) is 22.3 Å². The van der Waals surface area contributed by atoms with E-state index in [0.29, 0.717) is 22.3 Å². The normalized spacial score (nSPS) is 10.7. The first kappa shape index (κ1) is 20.2. The van der Waals surface area contributed by atoms with Gasteiger partial charge in [0, 0.05) is 18.7 Å². The predicted octanol–water partition coefficient (Wildman–Crippen LogP) is 4.20. The van der Waals surface area contributed by atoms with Gasteiger partial charge in [-0.05, 0) is 38.2 Å². The number of hydrogen-bond acceptors (Lipinski definition) is 3. The van der Waals surface area contributed by atoms with Crippen LogP contribution in [0.3, 0.4) is 0 Å². The van der Waals surface area contributed by atoms with Crippen LogP contribution in [-0.2, 0) is 9.59 Å². The minimum atomic E-state index is -0.217. The number of para-hydroxylation sites is 1. The predicted molar refractivity (Wildman–Crippen MR) is 107 cm³/mol. The molecule has 0 aliphatic carbocycles. The van der Waals surface area contributed by atoms with Crippen molar-refractivity contribution in [1.29, 1.82) is 0 Å². The maximum atomic E-state index is 12.1. The van der Waals surface area contributed by atoms with Crippen LogP contribution in [0, 0.1) is 6.92 Å². The van der Waals surface area contributed by atoms with Crippen molar-refractivity contribution in [2.24, 2.45) is 0 Å². The Balaban J connectivity index is 1.77. The molecule has 2 aromatic rings. The van der Waals surface area contributed by atoms with E-state index in [-0.39, 0.29) is 24.8 Å². The van der Waals surface area contributed by atoms with Crippen molar-refractivity contribution in [3.8, 4) is 0 Å². The molecule has 0 radical (unpaired) electrons. The number of anilines is 2. The molecule has 2 amide bonds. The van der Waals surface area contributed by atoms with E-state index in [1.807, 2.05) is 31.2 Å². The number of nitrogens with one attached hydrogen (secondary N) is 2. The van der Waals surface area contributed by atoms with Gasteiger partial charge in [0.1, 0.15) is 0 Å². The van der Waals surface area contributed by atoms with Crippen molar-refractivity contribution in [3.63, 3.8) is 0 Å². The highest BCUT2D eigenvalue weighted by atomic mass is 35.5.